The van der Waals surface area contributed by atoms with Gasteiger partial charge in [-0.15, -0.1) is 0 Å². The Kier molecular flexibility index (Phi) is 4.51. The monoisotopic (exact) mass is 460 g/mol. The van der Waals surface area contributed by atoms with Crippen molar-refractivity contribution < 1.29 is 17.9 Å². The number of aromatic nitrogens is 6. The fraction of sp³-hybridized carbons (Fsp3) is 0.571. The highest BCUT2D eigenvalue weighted by Gasteiger charge is 2.45. The number of rotatable bonds is 3. The Morgan fingerprint density at radius 1 is 1.03 bits per heavy atom. The summed E-state index contributed by atoms with van der Waals surface area (Å²) in [6.07, 6.45) is 0.897. The first-order valence-corrected chi connectivity index (χ1v) is 11.0. The summed E-state index contributed by atoms with van der Waals surface area (Å²) in [7, 11) is 0. The van der Waals surface area contributed by atoms with Crippen LogP contribution in [-0.4, -0.2) is 69.1 Å². The molecular formula is C21H23F3N8O. The van der Waals surface area contributed by atoms with Crippen LogP contribution in [0, 0.1) is 12.3 Å². The van der Waals surface area contributed by atoms with Gasteiger partial charge in [0.1, 0.15) is 23.4 Å². The summed E-state index contributed by atoms with van der Waals surface area (Å²) in [5.74, 6) is 1.13. The number of hydrogen-bond acceptors (Lipinski definition) is 8. The molecule has 12 heteroatoms. The van der Waals surface area contributed by atoms with Crippen LogP contribution >= 0.6 is 0 Å². The first-order valence-electron chi connectivity index (χ1n) is 11.0. The van der Waals surface area contributed by atoms with Crippen molar-refractivity contribution in [2.24, 2.45) is 5.41 Å². The van der Waals surface area contributed by atoms with Gasteiger partial charge < -0.3 is 14.5 Å². The van der Waals surface area contributed by atoms with Crippen LogP contribution in [0.4, 0.5) is 24.9 Å². The predicted molar refractivity (Wildman–Crippen MR) is 113 cm³/mol. The Hall–Kier alpha value is -3.02. The molecule has 0 aliphatic carbocycles. The van der Waals surface area contributed by atoms with Crippen LogP contribution in [0.1, 0.15) is 30.4 Å². The van der Waals surface area contributed by atoms with E-state index in [4.69, 9.17) is 9.72 Å². The maximum Gasteiger partial charge on any atom is 0.433 e. The van der Waals surface area contributed by atoms with Gasteiger partial charge in [0.25, 0.3) is 0 Å². The minimum absolute atomic E-state index is 0.0301. The van der Waals surface area contributed by atoms with Crippen molar-refractivity contribution in [1.29, 1.82) is 0 Å². The number of fused-ring (bicyclic) bond motifs is 1. The predicted octanol–water partition coefficient (Wildman–Crippen LogP) is 2.62. The molecule has 33 heavy (non-hydrogen) atoms. The number of ether oxygens (including phenoxy) is 1. The molecule has 3 fully saturated rings. The minimum Gasteiger partial charge on any atom is -0.377 e. The zero-order chi connectivity index (χ0) is 22.8. The molecule has 0 N–H and O–H groups in total. The van der Waals surface area contributed by atoms with Crippen LogP contribution in [0.2, 0.25) is 0 Å². The van der Waals surface area contributed by atoms with Gasteiger partial charge in [0, 0.05) is 43.9 Å². The van der Waals surface area contributed by atoms with Gasteiger partial charge in [0.05, 0.1) is 24.8 Å². The molecule has 3 aromatic rings. The highest BCUT2D eigenvalue weighted by molar-refractivity contribution is 5.74. The highest BCUT2D eigenvalue weighted by Crippen LogP contribution is 2.42. The van der Waals surface area contributed by atoms with Crippen LogP contribution in [0.25, 0.3) is 11.0 Å². The summed E-state index contributed by atoms with van der Waals surface area (Å²) < 4.78 is 46.8. The van der Waals surface area contributed by atoms with E-state index < -0.39 is 11.9 Å². The average molecular weight is 460 g/mol. The van der Waals surface area contributed by atoms with Gasteiger partial charge in [-0.1, -0.05) is 0 Å². The molecule has 1 unspecified atom stereocenters. The second-order valence-corrected chi connectivity index (χ2v) is 9.23. The molecule has 3 aromatic heterocycles. The van der Waals surface area contributed by atoms with E-state index in [0.29, 0.717) is 38.1 Å². The Balaban J connectivity index is 1.21. The lowest BCUT2D eigenvalue weighted by Gasteiger charge is -2.27. The maximum atomic E-state index is 13.2. The van der Waals surface area contributed by atoms with E-state index in [1.54, 1.807) is 12.4 Å². The Labute approximate surface area is 187 Å². The summed E-state index contributed by atoms with van der Waals surface area (Å²) in [6.45, 7) is 5.64. The lowest BCUT2D eigenvalue weighted by molar-refractivity contribution is -0.141. The first-order chi connectivity index (χ1) is 15.8. The topological polar surface area (TPSA) is 85.1 Å². The van der Waals surface area contributed by atoms with Crippen molar-refractivity contribution in [3.63, 3.8) is 0 Å². The molecule has 0 saturated carbocycles. The SMILES string of the molecule is Cc1nc(N2CCC3(CCN(c4ncc5cnn(C6COC6)c5n4)C3)C2)cc(C(F)(F)F)n1. The lowest BCUT2D eigenvalue weighted by atomic mass is 9.86. The summed E-state index contributed by atoms with van der Waals surface area (Å²) in [6, 6.07) is 1.26. The Bertz CT molecular complexity index is 1210. The molecule has 174 valence electrons. The third-order valence-corrected chi connectivity index (χ3v) is 6.89. The van der Waals surface area contributed by atoms with Gasteiger partial charge in [0.15, 0.2) is 5.65 Å². The zero-order valence-corrected chi connectivity index (χ0v) is 18.1. The summed E-state index contributed by atoms with van der Waals surface area (Å²) in [5, 5.41) is 5.34. The zero-order valence-electron chi connectivity index (χ0n) is 18.1. The average Bonchev–Trinajstić information content (AvgIpc) is 3.45. The fourth-order valence-electron chi connectivity index (χ4n) is 5.04. The van der Waals surface area contributed by atoms with E-state index in [1.807, 2.05) is 9.58 Å². The van der Waals surface area contributed by atoms with Gasteiger partial charge >= 0.3 is 6.18 Å². The van der Waals surface area contributed by atoms with Crippen LogP contribution in [0.5, 0.6) is 0 Å². The van der Waals surface area contributed by atoms with Crippen molar-refractivity contribution in [1.82, 2.24) is 29.7 Å². The molecule has 0 bridgehead atoms. The molecule has 3 aliphatic rings. The van der Waals surface area contributed by atoms with E-state index in [0.717, 1.165) is 43.0 Å². The number of hydrogen-bond donors (Lipinski definition) is 0. The quantitative estimate of drug-likeness (QED) is 0.590. The van der Waals surface area contributed by atoms with Crippen LogP contribution < -0.4 is 9.80 Å². The van der Waals surface area contributed by atoms with E-state index in [1.165, 1.54) is 6.92 Å². The molecular weight excluding hydrogens is 437 g/mol. The smallest absolute Gasteiger partial charge is 0.377 e. The van der Waals surface area contributed by atoms with E-state index in [-0.39, 0.29) is 17.3 Å². The van der Waals surface area contributed by atoms with Crippen LogP contribution in [0.3, 0.4) is 0 Å². The van der Waals surface area contributed by atoms with Crippen LogP contribution in [0.15, 0.2) is 18.5 Å². The van der Waals surface area contributed by atoms with Gasteiger partial charge in [-0.05, 0) is 19.8 Å². The van der Waals surface area contributed by atoms with E-state index in [2.05, 4.69) is 25.0 Å². The molecule has 0 aromatic carbocycles. The highest BCUT2D eigenvalue weighted by atomic mass is 19.4. The lowest BCUT2D eigenvalue weighted by Crippen LogP contribution is -2.32. The molecule has 6 heterocycles. The summed E-state index contributed by atoms with van der Waals surface area (Å²) in [5.41, 5.74) is -0.120. The third-order valence-electron chi connectivity index (χ3n) is 6.89. The number of nitrogens with zero attached hydrogens (tertiary/aromatic N) is 8. The Morgan fingerprint density at radius 3 is 2.52 bits per heavy atom. The molecule has 0 amide bonds. The fourth-order valence-corrected chi connectivity index (χ4v) is 5.04. The number of alkyl halides is 3. The van der Waals surface area contributed by atoms with Gasteiger partial charge in [0.2, 0.25) is 5.95 Å². The molecule has 9 nitrogen and oxygen atoms in total. The molecule has 3 saturated heterocycles. The van der Waals surface area contributed by atoms with Crippen molar-refractivity contribution in [2.75, 3.05) is 49.2 Å². The number of halogens is 3. The van der Waals surface area contributed by atoms with Crippen molar-refractivity contribution in [2.45, 2.75) is 32.0 Å². The van der Waals surface area contributed by atoms with Crippen molar-refractivity contribution in [3.8, 4) is 0 Å². The summed E-state index contributed by atoms with van der Waals surface area (Å²) >= 11 is 0. The number of anilines is 2. The second kappa shape index (κ2) is 7.24. The molecule has 6 rings (SSSR count). The van der Waals surface area contributed by atoms with Crippen LogP contribution in [-0.2, 0) is 10.9 Å². The van der Waals surface area contributed by atoms with E-state index in [9.17, 15) is 13.2 Å². The minimum atomic E-state index is -4.49. The molecule has 1 spiro atoms. The number of aryl methyl sites for hydroxylation is 1. The first kappa shape index (κ1) is 20.6. The van der Waals surface area contributed by atoms with Gasteiger partial charge in [-0.2, -0.15) is 23.3 Å². The molecule has 1 atom stereocenters. The second-order valence-electron chi connectivity index (χ2n) is 9.23. The summed E-state index contributed by atoms with van der Waals surface area (Å²) in [4.78, 5) is 21.3. The third kappa shape index (κ3) is 3.56. The standard InChI is InChI=1S/C21H23F3N8O/c1-13-27-16(21(22,23)24)6-17(28-13)30-4-2-20(11-30)3-5-31(12-20)19-25-7-14-8-26-32(18(14)29-19)15-9-33-10-15/h6-8,15H,2-5,9-12H2,1H3. The largest absolute Gasteiger partial charge is 0.433 e. The van der Waals surface area contributed by atoms with E-state index >= 15 is 0 Å². The van der Waals surface area contributed by atoms with Gasteiger partial charge in [-0.25, -0.2) is 19.6 Å². The van der Waals surface area contributed by atoms with Crippen molar-refractivity contribution in [3.05, 3.63) is 30.0 Å². The van der Waals surface area contributed by atoms with Crippen molar-refractivity contribution >= 4 is 22.8 Å². The van der Waals surface area contributed by atoms with Gasteiger partial charge in [-0.3, -0.25) is 0 Å². The molecule has 0 radical (unpaired) electrons. The molecule has 3 aliphatic heterocycles. The Morgan fingerprint density at radius 2 is 1.79 bits per heavy atom. The normalized spacial score (nSPS) is 23.8. The maximum absolute atomic E-state index is 13.2.